The van der Waals surface area contributed by atoms with Gasteiger partial charge in [0.05, 0.1) is 0 Å². The van der Waals surface area contributed by atoms with Gasteiger partial charge in [-0.25, -0.2) is 0 Å². The molecule has 0 bridgehead atoms. The van der Waals surface area contributed by atoms with Crippen LogP contribution in [-0.4, -0.2) is 29.8 Å². The highest BCUT2D eigenvalue weighted by atomic mass is 35.5. The molecule has 26 heavy (non-hydrogen) atoms. The fourth-order valence-corrected chi connectivity index (χ4v) is 4.36. The van der Waals surface area contributed by atoms with Crippen LogP contribution in [0.5, 0.6) is 0 Å². The van der Waals surface area contributed by atoms with E-state index < -0.39 is 0 Å². The molecule has 1 aliphatic carbocycles. The summed E-state index contributed by atoms with van der Waals surface area (Å²) >= 11 is 5.97. The molecule has 1 saturated carbocycles. The normalized spacial score (nSPS) is 19.3. The second-order valence-corrected chi connectivity index (χ2v) is 8.15. The maximum absolute atomic E-state index is 12.6. The smallest absolute Gasteiger partial charge is 0.225 e. The maximum atomic E-state index is 12.6. The van der Waals surface area contributed by atoms with Crippen molar-refractivity contribution in [2.75, 3.05) is 13.1 Å². The third kappa shape index (κ3) is 5.47. The largest absolute Gasteiger partial charge is 0.352 e. The summed E-state index contributed by atoms with van der Waals surface area (Å²) in [7, 11) is 0. The quantitative estimate of drug-likeness (QED) is 0.838. The van der Waals surface area contributed by atoms with Crippen molar-refractivity contribution < 1.29 is 9.59 Å². The van der Waals surface area contributed by atoms with Crippen LogP contribution in [0, 0.1) is 11.8 Å². The van der Waals surface area contributed by atoms with Gasteiger partial charge in [0.15, 0.2) is 0 Å². The molecule has 1 saturated heterocycles. The SMILES string of the molecule is O=C(CC1CCN(C(=O)C2CCCCC2)CC1)NCc1cccc(Cl)c1. The van der Waals surface area contributed by atoms with Gasteiger partial charge >= 0.3 is 0 Å². The molecule has 3 rings (SSSR count). The van der Waals surface area contributed by atoms with Gasteiger partial charge in [0.2, 0.25) is 11.8 Å². The summed E-state index contributed by atoms with van der Waals surface area (Å²) in [5, 5.41) is 3.67. The van der Waals surface area contributed by atoms with Crippen molar-refractivity contribution in [1.82, 2.24) is 10.2 Å². The van der Waals surface area contributed by atoms with Gasteiger partial charge in [-0.15, -0.1) is 0 Å². The van der Waals surface area contributed by atoms with Gasteiger partial charge in [0, 0.05) is 37.0 Å². The van der Waals surface area contributed by atoms with E-state index >= 15 is 0 Å². The van der Waals surface area contributed by atoms with Gasteiger partial charge in [0.25, 0.3) is 0 Å². The van der Waals surface area contributed by atoms with Crippen molar-refractivity contribution in [2.45, 2.75) is 57.9 Å². The number of likely N-dealkylation sites (tertiary alicyclic amines) is 1. The molecule has 0 unspecified atom stereocenters. The van der Waals surface area contributed by atoms with Crippen LogP contribution in [0.3, 0.4) is 0 Å². The van der Waals surface area contributed by atoms with Crippen molar-refractivity contribution in [3.63, 3.8) is 0 Å². The standard InChI is InChI=1S/C21H29ClN2O2/c22-19-8-4-5-17(13-19)15-23-20(25)14-16-9-11-24(12-10-16)21(26)18-6-2-1-3-7-18/h4-5,8,13,16,18H,1-3,6-7,9-12,14-15H2,(H,23,25). The zero-order chi connectivity index (χ0) is 18.4. The Balaban J connectivity index is 1.38. The first-order valence-electron chi connectivity index (χ1n) is 9.92. The molecule has 1 aromatic carbocycles. The van der Waals surface area contributed by atoms with E-state index in [-0.39, 0.29) is 11.8 Å². The third-order valence-electron chi connectivity index (χ3n) is 5.73. The molecule has 0 spiro atoms. The second kappa shape index (κ2) is 9.40. The molecule has 1 aliphatic heterocycles. The van der Waals surface area contributed by atoms with Crippen LogP contribution in [-0.2, 0) is 16.1 Å². The summed E-state index contributed by atoms with van der Waals surface area (Å²) in [5.41, 5.74) is 1.01. The minimum absolute atomic E-state index is 0.0852. The van der Waals surface area contributed by atoms with E-state index in [4.69, 9.17) is 11.6 Å². The molecule has 0 atom stereocenters. The van der Waals surface area contributed by atoms with E-state index in [1.807, 2.05) is 29.2 Å². The van der Waals surface area contributed by atoms with E-state index in [1.165, 1.54) is 19.3 Å². The van der Waals surface area contributed by atoms with E-state index in [0.29, 0.717) is 29.8 Å². The first-order valence-corrected chi connectivity index (χ1v) is 10.3. The third-order valence-corrected chi connectivity index (χ3v) is 5.97. The van der Waals surface area contributed by atoms with Crippen LogP contribution >= 0.6 is 11.6 Å². The van der Waals surface area contributed by atoms with Crippen molar-refractivity contribution in [1.29, 1.82) is 0 Å². The van der Waals surface area contributed by atoms with Crippen LogP contribution in [0.1, 0.15) is 56.9 Å². The predicted molar refractivity (Wildman–Crippen MR) is 104 cm³/mol. The van der Waals surface area contributed by atoms with Gasteiger partial charge < -0.3 is 10.2 Å². The molecule has 1 N–H and O–H groups in total. The zero-order valence-electron chi connectivity index (χ0n) is 15.4. The number of hydrogen-bond donors (Lipinski definition) is 1. The summed E-state index contributed by atoms with van der Waals surface area (Å²) in [6, 6.07) is 7.55. The van der Waals surface area contributed by atoms with Gasteiger partial charge in [0.1, 0.15) is 0 Å². The average Bonchev–Trinajstić information content (AvgIpc) is 2.67. The molecule has 142 valence electrons. The molecule has 1 heterocycles. The molecule has 4 nitrogen and oxygen atoms in total. The molecule has 5 heteroatoms. The van der Waals surface area contributed by atoms with Crippen molar-refractivity contribution in [2.24, 2.45) is 11.8 Å². The average molecular weight is 377 g/mol. The van der Waals surface area contributed by atoms with Crippen LogP contribution < -0.4 is 5.32 Å². The fraction of sp³-hybridized carbons (Fsp3) is 0.619. The number of hydrogen-bond acceptors (Lipinski definition) is 2. The Morgan fingerprint density at radius 3 is 2.50 bits per heavy atom. The fourth-order valence-electron chi connectivity index (χ4n) is 4.15. The Hall–Kier alpha value is -1.55. The minimum Gasteiger partial charge on any atom is -0.352 e. The molecule has 2 fully saturated rings. The number of nitrogens with zero attached hydrogens (tertiary/aromatic N) is 1. The van der Waals surface area contributed by atoms with E-state index in [2.05, 4.69) is 5.32 Å². The summed E-state index contributed by atoms with van der Waals surface area (Å²) < 4.78 is 0. The number of nitrogens with one attached hydrogen (secondary N) is 1. The first-order chi connectivity index (χ1) is 12.6. The predicted octanol–water partition coefficient (Wildman–Crippen LogP) is 4.17. The molecule has 0 radical (unpaired) electrons. The molecule has 1 aromatic rings. The lowest BCUT2D eigenvalue weighted by atomic mass is 9.87. The first kappa shape index (κ1) is 19.2. The lowest BCUT2D eigenvalue weighted by molar-refractivity contribution is -0.138. The number of halogens is 1. The number of carbonyl (C=O) groups excluding carboxylic acids is 2. The Bertz CT molecular complexity index is 620. The maximum Gasteiger partial charge on any atom is 0.225 e. The summed E-state index contributed by atoms with van der Waals surface area (Å²) in [6.45, 7) is 2.13. The number of carbonyl (C=O) groups is 2. The van der Waals surface area contributed by atoms with Crippen molar-refractivity contribution in [3.8, 4) is 0 Å². The highest BCUT2D eigenvalue weighted by Gasteiger charge is 2.29. The van der Waals surface area contributed by atoms with E-state index in [0.717, 1.165) is 44.3 Å². The van der Waals surface area contributed by atoms with Crippen molar-refractivity contribution in [3.05, 3.63) is 34.9 Å². The van der Waals surface area contributed by atoms with Crippen LogP contribution in [0.4, 0.5) is 0 Å². The molecule has 2 amide bonds. The number of benzene rings is 1. The summed E-state index contributed by atoms with van der Waals surface area (Å²) in [5.74, 6) is 1.07. The van der Waals surface area contributed by atoms with Gasteiger partial charge in [-0.05, 0) is 49.3 Å². The molecule has 0 aromatic heterocycles. The van der Waals surface area contributed by atoms with E-state index in [9.17, 15) is 9.59 Å². The van der Waals surface area contributed by atoms with Crippen molar-refractivity contribution >= 4 is 23.4 Å². The molecular weight excluding hydrogens is 348 g/mol. The van der Waals surface area contributed by atoms with Gasteiger partial charge in [-0.1, -0.05) is 43.0 Å². The highest BCUT2D eigenvalue weighted by Crippen LogP contribution is 2.28. The monoisotopic (exact) mass is 376 g/mol. The summed E-state index contributed by atoms with van der Waals surface area (Å²) in [6.07, 6.45) is 8.20. The number of amides is 2. The Labute approximate surface area is 161 Å². The van der Waals surface area contributed by atoms with Crippen LogP contribution in [0.15, 0.2) is 24.3 Å². The van der Waals surface area contributed by atoms with Gasteiger partial charge in [-0.3, -0.25) is 9.59 Å². The number of rotatable bonds is 5. The van der Waals surface area contributed by atoms with Gasteiger partial charge in [-0.2, -0.15) is 0 Å². The Morgan fingerprint density at radius 2 is 1.81 bits per heavy atom. The Morgan fingerprint density at radius 1 is 1.08 bits per heavy atom. The van der Waals surface area contributed by atoms with Crippen LogP contribution in [0.2, 0.25) is 5.02 Å². The van der Waals surface area contributed by atoms with E-state index in [1.54, 1.807) is 0 Å². The lowest BCUT2D eigenvalue weighted by Crippen LogP contribution is -2.43. The minimum atomic E-state index is 0.0852. The lowest BCUT2D eigenvalue weighted by Gasteiger charge is -2.35. The Kier molecular flexibility index (Phi) is 6.95. The zero-order valence-corrected chi connectivity index (χ0v) is 16.1. The molecule has 2 aliphatic rings. The molecular formula is C21H29ClN2O2. The van der Waals surface area contributed by atoms with Crippen LogP contribution in [0.25, 0.3) is 0 Å². The highest BCUT2D eigenvalue weighted by molar-refractivity contribution is 6.30. The topological polar surface area (TPSA) is 49.4 Å². The number of piperidine rings is 1. The summed E-state index contributed by atoms with van der Waals surface area (Å²) in [4.78, 5) is 26.9. The second-order valence-electron chi connectivity index (χ2n) is 7.71.